The van der Waals surface area contributed by atoms with Gasteiger partial charge in [0.15, 0.2) is 0 Å². The van der Waals surface area contributed by atoms with Gasteiger partial charge in [-0.05, 0) is 55.2 Å². The van der Waals surface area contributed by atoms with E-state index in [2.05, 4.69) is 30.6 Å². The number of aryl methyl sites for hydroxylation is 1. The fraction of sp³-hybridized carbons (Fsp3) is 0.692. The minimum Gasteiger partial charge on any atom is -0.389 e. The second-order valence-corrected chi connectivity index (χ2v) is 7.08. The third-order valence-electron chi connectivity index (χ3n) is 3.46. The standard InChI is InChI=1S/C13H21NOS2/c1-10-3-6-17-12(10)11(2)14-9-13(15)4-7-16-8-5-13/h3,6,11,14-15H,4-5,7-9H2,1-2H3. The molecule has 4 heteroatoms. The molecule has 0 saturated carbocycles. The predicted octanol–water partition coefficient (Wildman–Crippen LogP) is 2.97. The monoisotopic (exact) mass is 271 g/mol. The molecule has 1 aliphatic rings. The second-order valence-electron chi connectivity index (χ2n) is 4.91. The maximum Gasteiger partial charge on any atom is 0.0787 e. The minimum atomic E-state index is -0.481. The Morgan fingerprint density at radius 1 is 1.47 bits per heavy atom. The van der Waals surface area contributed by atoms with Crippen LogP contribution in [0.3, 0.4) is 0 Å². The fourth-order valence-corrected chi connectivity index (χ4v) is 4.40. The van der Waals surface area contributed by atoms with E-state index in [4.69, 9.17) is 0 Å². The minimum absolute atomic E-state index is 0.341. The van der Waals surface area contributed by atoms with Crippen LogP contribution in [0.15, 0.2) is 11.4 Å². The van der Waals surface area contributed by atoms with Gasteiger partial charge in [0, 0.05) is 17.5 Å². The summed E-state index contributed by atoms with van der Waals surface area (Å²) in [5.74, 6) is 2.18. The number of thiophene rings is 1. The molecule has 0 spiro atoms. The van der Waals surface area contributed by atoms with Crippen LogP contribution in [0.25, 0.3) is 0 Å². The maximum absolute atomic E-state index is 10.4. The lowest BCUT2D eigenvalue weighted by Gasteiger charge is -2.33. The van der Waals surface area contributed by atoms with Gasteiger partial charge in [-0.1, -0.05) is 0 Å². The van der Waals surface area contributed by atoms with Crippen molar-refractivity contribution in [3.05, 3.63) is 21.9 Å². The molecule has 0 bridgehead atoms. The highest BCUT2D eigenvalue weighted by molar-refractivity contribution is 7.99. The predicted molar refractivity (Wildman–Crippen MR) is 77.0 cm³/mol. The highest BCUT2D eigenvalue weighted by Gasteiger charge is 2.29. The normalized spacial score (nSPS) is 21.4. The van der Waals surface area contributed by atoms with Crippen LogP contribution in [0.2, 0.25) is 0 Å². The molecule has 1 atom stereocenters. The van der Waals surface area contributed by atoms with Gasteiger partial charge in [-0.2, -0.15) is 11.8 Å². The van der Waals surface area contributed by atoms with Gasteiger partial charge in [-0.15, -0.1) is 11.3 Å². The number of nitrogens with one attached hydrogen (secondary N) is 1. The number of hydrogen-bond donors (Lipinski definition) is 2. The highest BCUT2D eigenvalue weighted by atomic mass is 32.2. The molecule has 2 heterocycles. The summed E-state index contributed by atoms with van der Waals surface area (Å²) in [5.41, 5.74) is 0.867. The molecule has 17 heavy (non-hydrogen) atoms. The van der Waals surface area contributed by atoms with Crippen LogP contribution in [-0.4, -0.2) is 28.8 Å². The smallest absolute Gasteiger partial charge is 0.0787 e. The van der Waals surface area contributed by atoms with Gasteiger partial charge in [0.2, 0.25) is 0 Å². The first-order valence-electron chi connectivity index (χ1n) is 6.18. The van der Waals surface area contributed by atoms with Crippen molar-refractivity contribution < 1.29 is 5.11 Å². The Balaban J connectivity index is 1.87. The zero-order valence-electron chi connectivity index (χ0n) is 10.5. The average Bonchev–Trinajstić information content (AvgIpc) is 2.74. The largest absolute Gasteiger partial charge is 0.389 e. The van der Waals surface area contributed by atoms with Gasteiger partial charge in [0.1, 0.15) is 0 Å². The zero-order chi connectivity index (χ0) is 12.3. The molecule has 2 rings (SSSR count). The number of rotatable bonds is 4. The van der Waals surface area contributed by atoms with Crippen LogP contribution in [-0.2, 0) is 0 Å². The Hall–Kier alpha value is -0.0300. The van der Waals surface area contributed by atoms with Crippen molar-refractivity contribution in [3.63, 3.8) is 0 Å². The van der Waals surface area contributed by atoms with E-state index in [0.29, 0.717) is 12.6 Å². The summed E-state index contributed by atoms with van der Waals surface area (Å²) >= 11 is 3.74. The van der Waals surface area contributed by atoms with Crippen molar-refractivity contribution in [2.75, 3.05) is 18.1 Å². The quantitative estimate of drug-likeness (QED) is 0.883. The number of aliphatic hydroxyl groups is 1. The van der Waals surface area contributed by atoms with E-state index in [1.807, 2.05) is 11.8 Å². The lowest BCUT2D eigenvalue weighted by molar-refractivity contribution is 0.0301. The molecule has 1 aliphatic heterocycles. The molecular weight excluding hydrogens is 250 g/mol. The van der Waals surface area contributed by atoms with Crippen LogP contribution < -0.4 is 5.32 Å². The van der Waals surface area contributed by atoms with Crippen molar-refractivity contribution in [2.45, 2.75) is 38.3 Å². The number of hydrogen-bond acceptors (Lipinski definition) is 4. The van der Waals surface area contributed by atoms with E-state index >= 15 is 0 Å². The average molecular weight is 271 g/mol. The van der Waals surface area contributed by atoms with E-state index in [-0.39, 0.29) is 0 Å². The lowest BCUT2D eigenvalue weighted by atomic mass is 9.96. The van der Waals surface area contributed by atoms with E-state index < -0.39 is 5.60 Å². The molecule has 96 valence electrons. The van der Waals surface area contributed by atoms with Crippen LogP contribution in [0.4, 0.5) is 0 Å². The molecule has 1 unspecified atom stereocenters. The van der Waals surface area contributed by atoms with E-state index in [1.165, 1.54) is 10.4 Å². The molecular formula is C13H21NOS2. The summed E-state index contributed by atoms with van der Waals surface area (Å²) < 4.78 is 0. The molecule has 2 N–H and O–H groups in total. The molecule has 0 aromatic carbocycles. The number of thioether (sulfide) groups is 1. The Kier molecular flexibility index (Phi) is 4.53. The summed E-state index contributed by atoms with van der Waals surface area (Å²) in [5, 5.41) is 16.0. The summed E-state index contributed by atoms with van der Waals surface area (Å²) in [6.07, 6.45) is 1.83. The molecule has 0 radical (unpaired) electrons. The summed E-state index contributed by atoms with van der Waals surface area (Å²) in [7, 11) is 0. The molecule has 1 aromatic rings. The van der Waals surface area contributed by atoms with Crippen molar-refractivity contribution in [2.24, 2.45) is 0 Å². The van der Waals surface area contributed by atoms with Crippen molar-refractivity contribution >= 4 is 23.1 Å². The van der Waals surface area contributed by atoms with Gasteiger partial charge in [-0.3, -0.25) is 0 Å². The molecule has 0 amide bonds. The zero-order valence-corrected chi connectivity index (χ0v) is 12.2. The van der Waals surface area contributed by atoms with Crippen molar-refractivity contribution in [3.8, 4) is 0 Å². The SMILES string of the molecule is Cc1ccsc1C(C)NCC1(O)CCSCC1. The van der Waals surface area contributed by atoms with E-state index in [1.54, 1.807) is 11.3 Å². The Bertz CT molecular complexity index is 358. The van der Waals surface area contributed by atoms with Gasteiger partial charge in [-0.25, -0.2) is 0 Å². The lowest BCUT2D eigenvalue weighted by Crippen LogP contribution is -2.44. The maximum atomic E-state index is 10.4. The molecule has 1 aromatic heterocycles. The summed E-state index contributed by atoms with van der Waals surface area (Å²) in [6, 6.07) is 2.50. The first-order chi connectivity index (χ1) is 8.11. The van der Waals surface area contributed by atoms with Crippen molar-refractivity contribution in [1.82, 2.24) is 5.32 Å². The second kappa shape index (κ2) is 5.74. The summed E-state index contributed by atoms with van der Waals surface area (Å²) in [4.78, 5) is 1.39. The Morgan fingerprint density at radius 2 is 2.18 bits per heavy atom. The molecule has 0 aliphatic carbocycles. The molecule has 1 fully saturated rings. The topological polar surface area (TPSA) is 32.3 Å². The highest BCUT2D eigenvalue weighted by Crippen LogP contribution is 2.28. The Labute approximate surface area is 112 Å². The first-order valence-corrected chi connectivity index (χ1v) is 8.22. The van der Waals surface area contributed by atoms with E-state index in [0.717, 1.165) is 24.3 Å². The molecule has 1 saturated heterocycles. The van der Waals surface area contributed by atoms with Crippen molar-refractivity contribution in [1.29, 1.82) is 0 Å². The van der Waals surface area contributed by atoms with Gasteiger partial charge in [0.25, 0.3) is 0 Å². The van der Waals surface area contributed by atoms with Crippen LogP contribution >= 0.6 is 23.1 Å². The van der Waals surface area contributed by atoms with Gasteiger partial charge < -0.3 is 10.4 Å². The van der Waals surface area contributed by atoms with Crippen LogP contribution in [0.1, 0.15) is 36.2 Å². The van der Waals surface area contributed by atoms with Crippen LogP contribution in [0.5, 0.6) is 0 Å². The Morgan fingerprint density at radius 3 is 2.76 bits per heavy atom. The summed E-state index contributed by atoms with van der Waals surface area (Å²) in [6.45, 7) is 5.04. The van der Waals surface area contributed by atoms with E-state index in [9.17, 15) is 5.11 Å². The molecule has 2 nitrogen and oxygen atoms in total. The fourth-order valence-electron chi connectivity index (χ4n) is 2.19. The third kappa shape index (κ3) is 3.47. The van der Waals surface area contributed by atoms with Gasteiger partial charge in [0.05, 0.1) is 5.60 Å². The first kappa shape index (κ1) is 13.4. The van der Waals surface area contributed by atoms with Crippen LogP contribution in [0, 0.1) is 6.92 Å². The van der Waals surface area contributed by atoms with Gasteiger partial charge >= 0.3 is 0 Å². The third-order valence-corrected chi connectivity index (χ3v) is 5.64.